The van der Waals surface area contributed by atoms with Crippen LogP contribution in [-0.2, 0) is 0 Å². The summed E-state index contributed by atoms with van der Waals surface area (Å²) in [6.07, 6.45) is 3.09. The second-order valence-electron chi connectivity index (χ2n) is 5.44. The van der Waals surface area contributed by atoms with E-state index in [-0.39, 0.29) is 18.6 Å². The van der Waals surface area contributed by atoms with Gasteiger partial charge in [-0.3, -0.25) is 4.79 Å². The largest absolute Gasteiger partial charge is 0.391 e. The number of aliphatic hydroxyl groups is 2. The molecule has 1 aliphatic rings. The van der Waals surface area contributed by atoms with Crippen molar-refractivity contribution in [1.29, 1.82) is 0 Å². The lowest BCUT2D eigenvalue weighted by Crippen LogP contribution is -2.45. The molecule has 21 heavy (non-hydrogen) atoms. The molecule has 2 unspecified atom stereocenters. The van der Waals surface area contributed by atoms with E-state index < -0.39 is 6.10 Å². The summed E-state index contributed by atoms with van der Waals surface area (Å²) in [6.45, 7) is 1.67. The van der Waals surface area contributed by atoms with Crippen LogP contribution < -0.4 is 5.32 Å². The molecule has 0 aromatic heterocycles. The molecule has 1 aliphatic carbocycles. The van der Waals surface area contributed by atoms with Crippen LogP contribution in [0, 0.1) is 18.8 Å². The number of benzene rings is 1. The standard InChI is InChI=1S/C17H21NO3/c1-12-8-9-13(5-4-10-19)14(11-12)17(21)18-15-6-2-3-7-16(15)20/h8-9,11,15-16,19-20H,2-3,6-7,10H2,1H3,(H,18,21). The monoisotopic (exact) mass is 287 g/mol. The highest BCUT2D eigenvalue weighted by Gasteiger charge is 2.25. The van der Waals surface area contributed by atoms with Crippen molar-refractivity contribution in [1.82, 2.24) is 5.32 Å². The fourth-order valence-corrected chi connectivity index (χ4v) is 2.62. The number of nitrogens with one attached hydrogen (secondary N) is 1. The maximum atomic E-state index is 12.4. The molecular weight excluding hydrogens is 266 g/mol. The minimum Gasteiger partial charge on any atom is -0.391 e. The van der Waals surface area contributed by atoms with E-state index in [2.05, 4.69) is 17.2 Å². The molecule has 4 nitrogen and oxygen atoms in total. The van der Waals surface area contributed by atoms with Gasteiger partial charge >= 0.3 is 0 Å². The van der Waals surface area contributed by atoms with Gasteiger partial charge in [0.2, 0.25) is 0 Å². The maximum absolute atomic E-state index is 12.4. The Morgan fingerprint density at radius 1 is 1.38 bits per heavy atom. The number of amides is 1. The number of hydrogen-bond donors (Lipinski definition) is 3. The molecule has 2 atom stereocenters. The lowest BCUT2D eigenvalue weighted by atomic mass is 9.92. The Bertz CT molecular complexity index is 571. The van der Waals surface area contributed by atoms with Crippen molar-refractivity contribution in [2.75, 3.05) is 6.61 Å². The van der Waals surface area contributed by atoms with Crippen LogP contribution in [0.5, 0.6) is 0 Å². The van der Waals surface area contributed by atoms with E-state index in [9.17, 15) is 9.90 Å². The molecule has 0 spiro atoms. The molecule has 1 saturated carbocycles. The Hall–Kier alpha value is -1.83. The average molecular weight is 287 g/mol. The van der Waals surface area contributed by atoms with Crippen molar-refractivity contribution >= 4 is 5.91 Å². The summed E-state index contributed by atoms with van der Waals surface area (Å²) in [4.78, 5) is 12.4. The van der Waals surface area contributed by atoms with E-state index in [1.807, 2.05) is 13.0 Å². The van der Waals surface area contributed by atoms with E-state index >= 15 is 0 Å². The second-order valence-corrected chi connectivity index (χ2v) is 5.44. The van der Waals surface area contributed by atoms with Gasteiger partial charge in [-0.1, -0.05) is 36.3 Å². The van der Waals surface area contributed by atoms with Gasteiger partial charge in [0.1, 0.15) is 6.61 Å². The van der Waals surface area contributed by atoms with Crippen LogP contribution in [0.25, 0.3) is 0 Å². The topological polar surface area (TPSA) is 69.6 Å². The molecule has 4 heteroatoms. The number of carbonyl (C=O) groups excluding carboxylic acids is 1. The first-order valence-electron chi connectivity index (χ1n) is 7.31. The van der Waals surface area contributed by atoms with Gasteiger partial charge in [-0.05, 0) is 31.9 Å². The number of rotatable bonds is 2. The third-order valence-corrected chi connectivity index (χ3v) is 3.77. The molecule has 0 aliphatic heterocycles. The highest BCUT2D eigenvalue weighted by molar-refractivity contribution is 5.97. The van der Waals surface area contributed by atoms with Gasteiger partial charge in [0, 0.05) is 5.56 Å². The van der Waals surface area contributed by atoms with Crippen molar-refractivity contribution in [3.8, 4) is 11.8 Å². The summed E-state index contributed by atoms with van der Waals surface area (Å²) in [5.41, 5.74) is 2.06. The lowest BCUT2D eigenvalue weighted by Gasteiger charge is -2.28. The van der Waals surface area contributed by atoms with Crippen molar-refractivity contribution in [3.63, 3.8) is 0 Å². The molecule has 1 aromatic rings. The van der Waals surface area contributed by atoms with Crippen LogP contribution in [-0.4, -0.2) is 34.9 Å². The SMILES string of the molecule is Cc1ccc(C#CCO)c(C(=O)NC2CCCCC2O)c1. The highest BCUT2D eigenvalue weighted by atomic mass is 16.3. The molecule has 0 heterocycles. The Balaban J connectivity index is 2.19. The summed E-state index contributed by atoms with van der Waals surface area (Å²) in [6, 6.07) is 5.26. The van der Waals surface area contributed by atoms with Crippen LogP contribution in [0.3, 0.4) is 0 Å². The van der Waals surface area contributed by atoms with Crippen LogP contribution in [0.1, 0.15) is 47.2 Å². The Kier molecular flexibility index (Phi) is 5.38. The van der Waals surface area contributed by atoms with Crippen molar-refractivity contribution < 1.29 is 15.0 Å². The predicted molar refractivity (Wildman–Crippen MR) is 80.9 cm³/mol. The van der Waals surface area contributed by atoms with E-state index in [0.29, 0.717) is 11.1 Å². The first-order valence-corrected chi connectivity index (χ1v) is 7.31. The Morgan fingerprint density at radius 2 is 2.14 bits per heavy atom. The van der Waals surface area contributed by atoms with Crippen molar-refractivity contribution in [2.45, 2.75) is 44.8 Å². The van der Waals surface area contributed by atoms with Gasteiger partial charge in [-0.25, -0.2) is 0 Å². The number of carbonyl (C=O) groups is 1. The van der Waals surface area contributed by atoms with Gasteiger partial charge in [0.15, 0.2) is 0 Å². The molecule has 1 amide bonds. The van der Waals surface area contributed by atoms with Gasteiger partial charge in [-0.15, -0.1) is 0 Å². The summed E-state index contributed by atoms with van der Waals surface area (Å²) in [5.74, 6) is 5.15. The first kappa shape index (κ1) is 15.6. The van der Waals surface area contributed by atoms with Gasteiger partial charge in [-0.2, -0.15) is 0 Å². The zero-order valence-electron chi connectivity index (χ0n) is 12.2. The van der Waals surface area contributed by atoms with Crippen molar-refractivity contribution in [3.05, 3.63) is 34.9 Å². The normalized spacial score (nSPS) is 21.3. The van der Waals surface area contributed by atoms with Crippen molar-refractivity contribution in [2.24, 2.45) is 0 Å². The van der Waals surface area contributed by atoms with E-state index in [0.717, 1.165) is 31.2 Å². The summed E-state index contributed by atoms with van der Waals surface area (Å²) >= 11 is 0. The second kappa shape index (κ2) is 7.26. The molecule has 3 N–H and O–H groups in total. The van der Waals surface area contributed by atoms with Crippen LogP contribution in [0.4, 0.5) is 0 Å². The van der Waals surface area contributed by atoms with E-state index in [1.54, 1.807) is 12.1 Å². The van der Waals surface area contributed by atoms with Gasteiger partial charge in [0.05, 0.1) is 17.7 Å². The smallest absolute Gasteiger partial charge is 0.252 e. The highest BCUT2D eigenvalue weighted by Crippen LogP contribution is 2.19. The van der Waals surface area contributed by atoms with Gasteiger partial charge in [0.25, 0.3) is 5.91 Å². The number of aliphatic hydroxyl groups excluding tert-OH is 2. The van der Waals surface area contributed by atoms with Gasteiger partial charge < -0.3 is 15.5 Å². The molecule has 0 bridgehead atoms. The minimum absolute atomic E-state index is 0.189. The van der Waals surface area contributed by atoms with Crippen LogP contribution >= 0.6 is 0 Å². The third kappa shape index (κ3) is 4.07. The average Bonchev–Trinajstić information content (AvgIpc) is 2.48. The Morgan fingerprint density at radius 3 is 2.86 bits per heavy atom. The molecule has 1 fully saturated rings. The molecule has 0 saturated heterocycles. The fourth-order valence-electron chi connectivity index (χ4n) is 2.62. The summed E-state index contributed by atoms with van der Waals surface area (Å²) in [5, 5.41) is 21.7. The lowest BCUT2D eigenvalue weighted by molar-refractivity contribution is 0.0717. The van der Waals surface area contributed by atoms with Crippen LogP contribution in [0.15, 0.2) is 18.2 Å². The number of aryl methyl sites for hydroxylation is 1. The van der Waals surface area contributed by atoms with Crippen LogP contribution in [0.2, 0.25) is 0 Å². The molecule has 112 valence electrons. The van der Waals surface area contributed by atoms with E-state index in [4.69, 9.17) is 5.11 Å². The molecule has 0 radical (unpaired) electrons. The maximum Gasteiger partial charge on any atom is 0.252 e. The minimum atomic E-state index is -0.473. The van der Waals surface area contributed by atoms with E-state index in [1.165, 1.54) is 0 Å². The number of hydrogen-bond acceptors (Lipinski definition) is 3. The zero-order valence-corrected chi connectivity index (χ0v) is 12.2. The molecular formula is C17H21NO3. The third-order valence-electron chi connectivity index (χ3n) is 3.77. The summed E-state index contributed by atoms with van der Waals surface area (Å²) in [7, 11) is 0. The summed E-state index contributed by atoms with van der Waals surface area (Å²) < 4.78 is 0. The Labute approximate surface area is 125 Å². The predicted octanol–water partition coefficient (Wildman–Crippen LogP) is 1.37. The molecule has 2 rings (SSSR count). The quantitative estimate of drug-likeness (QED) is 0.720. The molecule has 1 aromatic carbocycles. The zero-order chi connectivity index (χ0) is 15.2. The fraction of sp³-hybridized carbons (Fsp3) is 0.471. The first-order chi connectivity index (χ1) is 10.1.